The van der Waals surface area contributed by atoms with Crippen molar-refractivity contribution in [3.8, 4) is 0 Å². The summed E-state index contributed by atoms with van der Waals surface area (Å²) < 4.78 is 5.29. The van der Waals surface area contributed by atoms with Crippen molar-refractivity contribution in [1.82, 2.24) is 10.2 Å². The topological polar surface area (TPSA) is 89.2 Å². The number of ether oxygens (including phenoxy) is 1. The number of nitro groups is 1. The number of nitrogens with one attached hydrogen (secondary N) is 2. The standard InChI is InChI=1S/C20H28N4O4S/c1-5-22(6-2)11-12-23-14(4)17(19(25)28-7-3)18(21-20(23)29)15-9-8-10-16(13-15)24(26)27/h8-10,13,18H,5-7,11-12H2,1-4H3,(H,21,29)/p+1/t18-/m1/s1. The highest BCUT2D eigenvalue weighted by atomic mass is 32.1. The fraction of sp³-hybridized carbons (Fsp3) is 0.500. The number of non-ortho nitro benzene ring substituents is 1. The molecule has 0 radical (unpaired) electrons. The smallest absolute Gasteiger partial charge is 0.338 e. The molecule has 8 nitrogen and oxygen atoms in total. The number of hydrogen-bond acceptors (Lipinski definition) is 5. The zero-order valence-corrected chi connectivity index (χ0v) is 18.2. The number of carbonyl (C=O) groups excluding carboxylic acids is 1. The normalized spacial score (nSPS) is 16.8. The Hall–Kier alpha value is -2.52. The van der Waals surface area contributed by atoms with E-state index >= 15 is 0 Å². The van der Waals surface area contributed by atoms with E-state index < -0.39 is 16.9 Å². The Labute approximate surface area is 176 Å². The van der Waals surface area contributed by atoms with Crippen LogP contribution in [0.25, 0.3) is 0 Å². The van der Waals surface area contributed by atoms with E-state index in [2.05, 4.69) is 19.2 Å². The fourth-order valence-corrected chi connectivity index (χ4v) is 3.81. The quantitative estimate of drug-likeness (QED) is 0.271. The van der Waals surface area contributed by atoms with Crippen molar-refractivity contribution in [2.45, 2.75) is 33.7 Å². The molecule has 0 saturated carbocycles. The maximum Gasteiger partial charge on any atom is 0.338 e. The number of allylic oxidation sites excluding steroid dienone is 1. The van der Waals surface area contributed by atoms with Crippen LogP contribution in [0.4, 0.5) is 5.69 Å². The summed E-state index contributed by atoms with van der Waals surface area (Å²) in [5.74, 6) is -0.448. The van der Waals surface area contributed by atoms with Crippen molar-refractivity contribution >= 4 is 29.0 Å². The number of likely N-dealkylation sites (N-methyl/N-ethyl adjacent to an activating group) is 1. The van der Waals surface area contributed by atoms with E-state index in [0.29, 0.717) is 22.8 Å². The lowest BCUT2D eigenvalue weighted by Gasteiger charge is -2.37. The number of hydrogen-bond donors (Lipinski definition) is 2. The van der Waals surface area contributed by atoms with Gasteiger partial charge in [0.15, 0.2) is 5.11 Å². The van der Waals surface area contributed by atoms with Gasteiger partial charge in [-0.3, -0.25) is 10.1 Å². The zero-order chi connectivity index (χ0) is 21.6. The Morgan fingerprint density at radius 2 is 2.03 bits per heavy atom. The van der Waals surface area contributed by atoms with Crippen molar-refractivity contribution in [2.75, 3.05) is 32.8 Å². The average Bonchev–Trinajstić information content (AvgIpc) is 2.70. The maximum absolute atomic E-state index is 12.8. The van der Waals surface area contributed by atoms with Crippen LogP contribution in [-0.4, -0.2) is 53.7 Å². The highest BCUT2D eigenvalue weighted by Crippen LogP contribution is 2.32. The number of nitro benzene ring substituents is 1. The van der Waals surface area contributed by atoms with Gasteiger partial charge in [-0.25, -0.2) is 4.79 Å². The first kappa shape index (κ1) is 22.8. The Bertz CT molecular complexity index is 807. The van der Waals surface area contributed by atoms with E-state index in [1.54, 1.807) is 19.1 Å². The summed E-state index contributed by atoms with van der Waals surface area (Å²) in [4.78, 5) is 26.9. The average molecular weight is 422 g/mol. The lowest BCUT2D eigenvalue weighted by molar-refractivity contribution is -0.895. The molecule has 0 saturated heterocycles. The molecule has 0 aromatic heterocycles. The number of thiocarbonyl (C=S) groups is 1. The molecule has 2 N–H and O–H groups in total. The molecule has 1 aliphatic rings. The second kappa shape index (κ2) is 10.3. The van der Waals surface area contributed by atoms with Crippen molar-refractivity contribution in [3.05, 3.63) is 51.2 Å². The molecule has 9 heteroatoms. The van der Waals surface area contributed by atoms with Gasteiger partial charge in [0.25, 0.3) is 5.69 Å². The van der Waals surface area contributed by atoms with Crippen molar-refractivity contribution in [1.29, 1.82) is 0 Å². The predicted molar refractivity (Wildman–Crippen MR) is 115 cm³/mol. The first-order valence-corrected chi connectivity index (χ1v) is 10.3. The highest BCUT2D eigenvalue weighted by molar-refractivity contribution is 7.80. The van der Waals surface area contributed by atoms with Crippen molar-refractivity contribution in [3.63, 3.8) is 0 Å². The maximum atomic E-state index is 12.8. The minimum absolute atomic E-state index is 0.0383. The second-order valence-electron chi connectivity index (χ2n) is 6.81. The van der Waals surface area contributed by atoms with Crippen molar-refractivity contribution in [2.24, 2.45) is 0 Å². The Kier molecular flexibility index (Phi) is 8.10. The monoisotopic (exact) mass is 421 g/mol. The molecule has 1 aromatic rings. The van der Waals surface area contributed by atoms with Crippen LogP contribution in [0.5, 0.6) is 0 Å². The number of benzene rings is 1. The third-order valence-corrected chi connectivity index (χ3v) is 5.53. The minimum Gasteiger partial charge on any atom is -0.463 e. The number of nitrogens with zero attached hydrogens (tertiary/aromatic N) is 2. The number of carbonyl (C=O) groups is 1. The Morgan fingerprint density at radius 3 is 2.62 bits per heavy atom. The van der Waals surface area contributed by atoms with E-state index in [0.717, 1.165) is 25.3 Å². The molecule has 0 spiro atoms. The number of quaternary nitrogens is 1. The molecular weight excluding hydrogens is 392 g/mol. The fourth-order valence-electron chi connectivity index (χ4n) is 3.47. The van der Waals surface area contributed by atoms with E-state index in [1.165, 1.54) is 17.0 Å². The van der Waals surface area contributed by atoms with Crippen LogP contribution in [0.2, 0.25) is 0 Å². The Morgan fingerprint density at radius 1 is 1.34 bits per heavy atom. The highest BCUT2D eigenvalue weighted by Gasteiger charge is 2.35. The van der Waals surface area contributed by atoms with Gasteiger partial charge in [-0.2, -0.15) is 0 Å². The molecule has 0 aliphatic carbocycles. The van der Waals surface area contributed by atoms with Gasteiger partial charge < -0.3 is 19.9 Å². The van der Waals surface area contributed by atoms with Crippen LogP contribution in [0.1, 0.15) is 39.3 Å². The Balaban J connectivity index is 2.44. The molecule has 1 aliphatic heterocycles. The molecule has 1 heterocycles. The largest absolute Gasteiger partial charge is 0.463 e. The number of esters is 1. The SMILES string of the molecule is CCOC(=O)C1=C(C)N(CC[NH+](CC)CC)C(=S)N[C@@H]1c1cccc([N+](=O)[O-])c1. The third-order valence-electron chi connectivity index (χ3n) is 5.19. The van der Waals surface area contributed by atoms with Gasteiger partial charge >= 0.3 is 5.97 Å². The summed E-state index contributed by atoms with van der Waals surface area (Å²) in [6.45, 7) is 11.7. The van der Waals surface area contributed by atoms with Crippen LogP contribution >= 0.6 is 12.2 Å². The van der Waals surface area contributed by atoms with Gasteiger partial charge in [0, 0.05) is 17.8 Å². The third kappa shape index (κ3) is 5.30. The molecule has 29 heavy (non-hydrogen) atoms. The van der Waals surface area contributed by atoms with Crippen LogP contribution in [-0.2, 0) is 9.53 Å². The van der Waals surface area contributed by atoms with Gasteiger partial charge in [-0.1, -0.05) is 12.1 Å². The summed E-state index contributed by atoms with van der Waals surface area (Å²) in [6, 6.07) is 5.63. The van der Waals surface area contributed by atoms with Gasteiger partial charge in [-0.15, -0.1) is 0 Å². The lowest BCUT2D eigenvalue weighted by atomic mass is 9.94. The van der Waals surface area contributed by atoms with Gasteiger partial charge in [0.2, 0.25) is 0 Å². The van der Waals surface area contributed by atoms with Crippen LogP contribution in [0, 0.1) is 10.1 Å². The van der Waals surface area contributed by atoms with Gasteiger partial charge in [0.05, 0.1) is 49.3 Å². The first-order valence-electron chi connectivity index (χ1n) is 9.87. The van der Waals surface area contributed by atoms with Gasteiger partial charge in [0.1, 0.15) is 0 Å². The van der Waals surface area contributed by atoms with E-state index in [4.69, 9.17) is 17.0 Å². The van der Waals surface area contributed by atoms with E-state index in [9.17, 15) is 14.9 Å². The first-order chi connectivity index (χ1) is 13.8. The summed E-state index contributed by atoms with van der Waals surface area (Å²) in [5, 5.41) is 14.9. The van der Waals surface area contributed by atoms with Crippen molar-refractivity contribution < 1.29 is 19.4 Å². The molecule has 2 rings (SSSR count). The van der Waals surface area contributed by atoms with E-state index in [-0.39, 0.29) is 12.3 Å². The zero-order valence-electron chi connectivity index (χ0n) is 17.4. The molecule has 0 bridgehead atoms. The summed E-state index contributed by atoms with van der Waals surface area (Å²) >= 11 is 5.58. The minimum atomic E-state index is -0.599. The summed E-state index contributed by atoms with van der Waals surface area (Å²) in [5.41, 5.74) is 1.70. The van der Waals surface area contributed by atoms with Gasteiger partial charge in [-0.05, 0) is 45.5 Å². The molecule has 0 fully saturated rings. The molecule has 158 valence electrons. The summed E-state index contributed by atoms with van der Waals surface area (Å²) in [6.07, 6.45) is 0. The van der Waals surface area contributed by atoms with E-state index in [1.807, 2.05) is 11.8 Å². The lowest BCUT2D eigenvalue weighted by Crippen LogP contribution is -3.12. The molecular formula is C20H29N4O4S+. The van der Waals surface area contributed by atoms with Crippen LogP contribution in [0.15, 0.2) is 35.5 Å². The molecule has 0 amide bonds. The second-order valence-corrected chi connectivity index (χ2v) is 7.20. The van der Waals surface area contributed by atoms with Crippen LogP contribution < -0.4 is 10.2 Å². The molecule has 1 aromatic carbocycles. The predicted octanol–water partition coefficient (Wildman–Crippen LogP) is 1.59. The number of rotatable bonds is 9. The molecule has 1 atom stereocenters. The molecule has 0 unspecified atom stereocenters. The van der Waals surface area contributed by atoms with Crippen LogP contribution in [0.3, 0.4) is 0 Å². The summed E-state index contributed by atoms with van der Waals surface area (Å²) in [7, 11) is 0.